The second-order valence-electron chi connectivity index (χ2n) is 3.10. The van der Waals surface area contributed by atoms with Crippen LogP contribution in [-0.2, 0) is 4.79 Å². The Labute approximate surface area is 79.0 Å². The summed E-state index contributed by atoms with van der Waals surface area (Å²) < 4.78 is 0. The fourth-order valence-corrected chi connectivity index (χ4v) is 0.987. The molecule has 0 aromatic rings. The highest BCUT2D eigenvalue weighted by Gasteiger charge is 2.11. The molecular formula is C9H19NO3. The van der Waals surface area contributed by atoms with Gasteiger partial charge in [-0.15, -0.1) is 0 Å². The lowest BCUT2D eigenvalue weighted by Crippen LogP contribution is -2.26. The van der Waals surface area contributed by atoms with E-state index >= 15 is 0 Å². The SMILES string of the molecule is CCCCCNCCC(O)C(=O)O. The van der Waals surface area contributed by atoms with Crippen LogP contribution >= 0.6 is 0 Å². The van der Waals surface area contributed by atoms with Crippen LogP contribution in [0.1, 0.15) is 32.6 Å². The van der Waals surface area contributed by atoms with E-state index in [9.17, 15) is 4.79 Å². The van der Waals surface area contributed by atoms with Gasteiger partial charge in [-0.05, 0) is 25.9 Å². The first-order valence-corrected chi connectivity index (χ1v) is 4.80. The zero-order chi connectivity index (χ0) is 10.1. The monoisotopic (exact) mass is 189 g/mol. The standard InChI is InChI=1S/C9H19NO3/c1-2-3-4-6-10-7-5-8(11)9(12)13/h8,10-11H,2-7H2,1H3,(H,12,13). The van der Waals surface area contributed by atoms with Gasteiger partial charge in [0.25, 0.3) is 0 Å². The minimum Gasteiger partial charge on any atom is -0.479 e. The molecule has 1 unspecified atom stereocenters. The van der Waals surface area contributed by atoms with E-state index in [4.69, 9.17) is 10.2 Å². The zero-order valence-electron chi connectivity index (χ0n) is 8.12. The number of aliphatic hydroxyl groups is 1. The van der Waals surface area contributed by atoms with Gasteiger partial charge in [-0.1, -0.05) is 19.8 Å². The maximum absolute atomic E-state index is 10.2. The Bertz CT molecular complexity index is 139. The summed E-state index contributed by atoms with van der Waals surface area (Å²) in [7, 11) is 0. The summed E-state index contributed by atoms with van der Waals surface area (Å²) >= 11 is 0. The van der Waals surface area contributed by atoms with Crippen LogP contribution in [-0.4, -0.2) is 35.4 Å². The maximum Gasteiger partial charge on any atom is 0.332 e. The Kier molecular flexibility index (Phi) is 7.63. The highest BCUT2D eigenvalue weighted by Crippen LogP contribution is 1.92. The summed E-state index contributed by atoms with van der Waals surface area (Å²) in [6.07, 6.45) is 2.54. The molecule has 0 spiro atoms. The van der Waals surface area contributed by atoms with E-state index in [0.29, 0.717) is 6.54 Å². The molecule has 0 bridgehead atoms. The molecule has 3 N–H and O–H groups in total. The number of unbranched alkanes of at least 4 members (excludes halogenated alkanes) is 2. The lowest BCUT2D eigenvalue weighted by Gasteiger charge is -2.06. The number of nitrogens with one attached hydrogen (secondary N) is 1. The van der Waals surface area contributed by atoms with Crippen molar-refractivity contribution >= 4 is 5.97 Å². The van der Waals surface area contributed by atoms with E-state index < -0.39 is 12.1 Å². The fourth-order valence-electron chi connectivity index (χ4n) is 0.987. The molecule has 0 fully saturated rings. The first-order valence-electron chi connectivity index (χ1n) is 4.80. The van der Waals surface area contributed by atoms with Gasteiger partial charge in [-0.3, -0.25) is 0 Å². The van der Waals surface area contributed by atoms with Crippen molar-refractivity contribution in [2.75, 3.05) is 13.1 Å². The van der Waals surface area contributed by atoms with Crippen LogP contribution in [0.4, 0.5) is 0 Å². The van der Waals surface area contributed by atoms with Gasteiger partial charge in [0.1, 0.15) is 0 Å². The Balaban J connectivity index is 3.11. The molecule has 0 saturated carbocycles. The molecule has 0 aliphatic carbocycles. The van der Waals surface area contributed by atoms with Crippen molar-refractivity contribution in [1.82, 2.24) is 5.32 Å². The van der Waals surface area contributed by atoms with Crippen LogP contribution in [0.25, 0.3) is 0 Å². The van der Waals surface area contributed by atoms with Crippen LogP contribution in [0.15, 0.2) is 0 Å². The Morgan fingerprint density at radius 3 is 2.62 bits per heavy atom. The van der Waals surface area contributed by atoms with E-state index in [1.54, 1.807) is 0 Å². The van der Waals surface area contributed by atoms with Crippen molar-refractivity contribution in [3.05, 3.63) is 0 Å². The van der Waals surface area contributed by atoms with E-state index in [1.807, 2.05) is 0 Å². The van der Waals surface area contributed by atoms with Crippen LogP contribution in [0.2, 0.25) is 0 Å². The van der Waals surface area contributed by atoms with Gasteiger partial charge in [0, 0.05) is 0 Å². The minimum atomic E-state index is -1.22. The molecule has 0 aromatic heterocycles. The van der Waals surface area contributed by atoms with Crippen molar-refractivity contribution in [3.8, 4) is 0 Å². The second-order valence-corrected chi connectivity index (χ2v) is 3.10. The smallest absolute Gasteiger partial charge is 0.332 e. The quantitative estimate of drug-likeness (QED) is 0.489. The topological polar surface area (TPSA) is 69.6 Å². The molecule has 4 nitrogen and oxygen atoms in total. The fraction of sp³-hybridized carbons (Fsp3) is 0.889. The Morgan fingerprint density at radius 1 is 1.38 bits per heavy atom. The van der Waals surface area contributed by atoms with Gasteiger partial charge < -0.3 is 15.5 Å². The van der Waals surface area contributed by atoms with Crippen molar-refractivity contribution in [2.24, 2.45) is 0 Å². The molecule has 0 radical (unpaired) electrons. The van der Waals surface area contributed by atoms with E-state index in [2.05, 4.69) is 12.2 Å². The number of carboxylic acid groups (broad SMARTS) is 1. The van der Waals surface area contributed by atoms with Crippen molar-refractivity contribution in [3.63, 3.8) is 0 Å². The summed E-state index contributed by atoms with van der Waals surface area (Å²) in [5.41, 5.74) is 0. The van der Waals surface area contributed by atoms with Gasteiger partial charge in [0.05, 0.1) is 0 Å². The molecule has 4 heteroatoms. The maximum atomic E-state index is 10.2. The van der Waals surface area contributed by atoms with Crippen LogP contribution in [0.3, 0.4) is 0 Å². The number of carboxylic acids is 1. The third kappa shape index (κ3) is 7.74. The number of aliphatic hydroxyl groups excluding tert-OH is 1. The number of hydrogen-bond acceptors (Lipinski definition) is 3. The summed E-state index contributed by atoms with van der Waals surface area (Å²) in [5.74, 6) is -1.14. The summed E-state index contributed by atoms with van der Waals surface area (Å²) in [6.45, 7) is 3.60. The normalized spacial score (nSPS) is 12.8. The molecule has 0 aliphatic heterocycles. The van der Waals surface area contributed by atoms with E-state index in [-0.39, 0.29) is 6.42 Å². The first-order chi connectivity index (χ1) is 6.18. The molecule has 0 amide bonds. The third-order valence-corrected chi connectivity index (χ3v) is 1.84. The molecule has 1 atom stereocenters. The van der Waals surface area contributed by atoms with Gasteiger partial charge in [0.2, 0.25) is 0 Å². The predicted molar refractivity (Wildman–Crippen MR) is 50.7 cm³/mol. The van der Waals surface area contributed by atoms with Crippen LogP contribution in [0.5, 0.6) is 0 Å². The summed E-state index contributed by atoms with van der Waals surface area (Å²) in [4.78, 5) is 10.2. The molecule has 0 aliphatic rings. The number of hydrogen-bond donors (Lipinski definition) is 3. The van der Waals surface area contributed by atoms with Gasteiger partial charge in [-0.25, -0.2) is 4.79 Å². The lowest BCUT2D eigenvalue weighted by molar-refractivity contribution is -0.146. The molecule has 0 heterocycles. The lowest BCUT2D eigenvalue weighted by atomic mass is 10.2. The molecule has 13 heavy (non-hydrogen) atoms. The Hall–Kier alpha value is -0.610. The third-order valence-electron chi connectivity index (χ3n) is 1.84. The van der Waals surface area contributed by atoms with Gasteiger partial charge in [0.15, 0.2) is 6.10 Å². The molecule has 0 rings (SSSR count). The summed E-state index contributed by atoms with van der Waals surface area (Å²) in [5, 5.41) is 20.3. The van der Waals surface area contributed by atoms with Crippen LogP contribution < -0.4 is 5.32 Å². The van der Waals surface area contributed by atoms with Crippen LogP contribution in [0, 0.1) is 0 Å². The van der Waals surface area contributed by atoms with Gasteiger partial charge >= 0.3 is 5.97 Å². The van der Waals surface area contributed by atoms with E-state index in [1.165, 1.54) is 12.8 Å². The molecular weight excluding hydrogens is 170 g/mol. The zero-order valence-corrected chi connectivity index (χ0v) is 8.12. The minimum absolute atomic E-state index is 0.279. The molecule has 78 valence electrons. The number of carbonyl (C=O) groups is 1. The van der Waals surface area contributed by atoms with Crippen molar-refractivity contribution < 1.29 is 15.0 Å². The average molecular weight is 189 g/mol. The van der Waals surface area contributed by atoms with E-state index in [0.717, 1.165) is 13.0 Å². The van der Waals surface area contributed by atoms with Crippen molar-refractivity contribution in [2.45, 2.75) is 38.7 Å². The number of aliphatic carboxylic acids is 1. The second kappa shape index (κ2) is 8.01. The first kappa shape index (κ1) is 12.4. The molecule has 0 saturated heterocycles. The van der Waals surface area contributed by atoms with Gasteiger partial charge in [-0.2, -0.15) is 0 Å². The highest BCUT2D eigenvalue weighted by atomic mass is 16.4. The molecule has 0 aromatic carbocycles. The Morgan fingerprint density at radius 2 is 2.08 bits per heavy atom. The summed E-state index contributed by atoms with van der Waals surface area (Å²) in [6, 6.07) is 0. The average Bonchev–Trinajstić information content (AvgIpc) is 2.10. The predicted octanol–water partition coefficient (Wildman–Crippen LogP) is 0.602. The largest absolute Gasteiger partial charge is 0.479 e. The highest BCUT2D eigenvalue weighted by molar-refractivity contribution is 5.71. The van der Waals surface area contributed by atoms with Crippen molar-refractivity contribution in [1.29, 1.82) is 0 Å². The number of rotatable bonds is 8.